The van der Waals surface area contributed by atoms with Crippen LogP contribution in [0.3, 0.4) is 0 Å². The molecule has 0 aromatic heterocycles. The van der Waals surface area contributed by atoms with Gasteiger partial charge in [-0.15, -0.1) is 0 Å². The summed E-state index contributed by atoms with van der Waals surface area (Å²) in [5.41, 5.74) is 6.81. The number of morpholine rings is 1. The molecule has 2 rings (SSSR count). The van der Waals surface area contributed by atoms with Gasteiger partial charge in [0.1, 0.15) is 5.82 Å². The highest BCUT2D eigenvalue weighted by molar-refractivity contribution is 5.38. The fraction of sp³-hybridized carbons (Fsp3) is 0.500. The first kappa shape index (κ1) is 15.0. The Morgan fingerprint density at radius 2 is 2.20 bits per heavy atom. The van der Waals surface area contributed by atoms with Crippen molar-refractivity contribution in [2.45, 2.75) is 26.0 Å². The molecule has 1 aromatic carbocycles. The smallest absolute Gasteiger partial charge is 0.124 e. The van der Waals surface area contributed by atoms with Crippen LogP contribution in [-0.2, 0) is 11.3 Å². The second kappa shape index (κ2) is 6.36. The van der Waals surface area contributed by atoms with Gasteiger partial charge in [0.25, 0.3) is 0 Å². The SMILES string of the molecule is CC1(C)CN(Cc2cc(F)cc(C#CCN)c2)CCO1. The molecule has 1 saturated heterocycles. The summed E-state index contributed by atoms with van der Waals surface area (Å²) in [7, 11) is 0. The highest BCUT2D eigenvalue weighted by Crippen LogP contribution is 2.19. The number of nitrogens with two attached hydrogens (primary N) is 1. The molecule has 108 valence electrons. The van der Waals surface area contributed by atoms with Gasteiger partial charge in [0.05, 0.1) is 18.8 Å². The van der Waals surface area contributed by atoms with E-state index in [2.05, 4.69) is 30.6 Å². The van der Waals surface area contributed by atoms with Gasteiger partial charge in [-0.3, -0.25) is 4.90 Å². The third-order valence-corrected chi connectivity index (χ3v) is 3.20. The van der Waals surface area contributed by atoms with Crippen LogP contribution < -0.4 is 5.73 Å². The van der Waals surface area contributed by atoms with Gasteiger partial charge in [0, 0.05) is 25.2 Å². The van der Waals surface area contributed by atoms with Crippen LogP contribution in [0.5, 0.6) is 0 Å². The van der Waals surface area contributed by atoms with Gasteiger partial charge >= 0.3 is 0 Å². The van der Waals surface area contributed by atoms with Crippen molar-refractivity contribution in [1.82, 2.24) is 4.90 Å². The summed E-state index contributed by atoms with van der Waals surface area (Å²) in [6.07, 6.45) is 0. The predicted octanol–water partition coefficient (Wildman–Crippen LogP) is 1.75. The van der Waals surface area contributed by atoms with Crippen molar-refractivity contribution >= 4 is 0 Å². The Hall–Kier alpha value is -1.41. The maximum atomic E-state index is 13.6. The van der Waals surface area contributed by atoms with Gasteiger partial charge in [-0.1, -0.05) is 11.8 Å². The fourth-order valence-electron chi connectivity index (χ4n) is 2.47. The van der Waals surface area contributed by atoms with Crippen LogP contribution in [0.1, 0.15) is 25.0 Å². The van der Waals surface area contributed by atoms with Crippen LogP contribution in [0.2, 0.25) is 0 Å². The van der Waals surface area contributed by atoms with Gasteiger partial charge in [0.2, 0.25) is 0 Å². The highest BCUT2D eigenvalue weighted by Gasteiger charge is 2.27. The molecule has 0 saturated carbocycles. The van der Waals surface area contributed by atoms with Gasteiger partial charge in [-0.25, -0.2) is 4.39 Å². The van der Waals surface area contributed by atoms with Gasteiger partial charge in [-0.2, -0.15) is 0 Å². The second-order valence-corrected chi connectivity index (χ2v) is 5.67. The summed E-state index contributed by atoms with van der Waals surface area (Å²) in [6.45, 7) is 7.55. The molecular weight excluding hydrogens is 255 g/mol. The van der Waals surface area contributed by atoms with E-state index in [1.54, 1.807) is 6.07 Å². The van der Waals surface area contributed by atoms with E-state index in [9.17, 15) is 4.39 Å². The molecule has 1 aliphatic heterocycles. The van der Waals surface area contributed by atoms with E-state index in [1.807, 2.05) is 6.07 Å². The van der Waals surface area contributed by atoms with Gasteiger partial charge in [-0.05, 0) is 37.6 Å². The van der Waals surface area contributed by atoms with E-state index in [0.29, 0.717) is 18.7 Å². The van der Waals surface area contributed by atoms with Crippen molar-refractivity contribution in [3.8, 4) is 11.8 Å². The average molecular weight is 276 g/mol. The van der Waals surface area contributed by atoms with Crippen molar-refractivity contribution in [3.05, 3.63) is 35.1 Å². The Kier molecular flexibility index (Phi) is 4.77. The van der Waals surface area contributed by atoms with Crippen molar-refractivity contribution in [1.29, 1.82) is 0 Å². The minimum atomic E-state index is -0.253. The first-order chi connectivity index (χ1) is 9.48. The molecule has 0 atom stereocenters. The molecule has 20 heavy (non-hydrogen) atoms. The number of ether oxygens (including phenoxy) is 1. The lowest BCUT2D eigenvalue weighted by Crippen LogP contribution is -2.47. The van der Waals surface area contributed by atoms with E-state index in [0.717, 1.165) is 18.7 Å². The van der Waals surface area contributed by atoms with Gasteiger partial charge < -0.3 is 10.5 Å². The fourth-order valence-corrected chi connectivity index (χ4v) is 2.47. The number of benzene rings is 1. The lowest BCUT2D eigenvalue weighted by atomic mass is 10.1. The van der Waals surface area contributed by atoms with Gasteiger partial charge in [0.15, 0.2) is 0 Å². The summed E-state index contributed by atoms with van der Waals surface area (Å²) >= 11 is 0. The maximum Gasteiger partial charge on any atom is 0.124 e. The monoisotopic (exact) mass is 276 g/mol. The van der Waals surface area contributed by atoms with E-state index in [1.165, 1.54) is 6.07 Å². The van der Waals surface area contributed by atoms with Crippen molar-refractivity contribution in [3.63, 3.8) is 0 Å². The standard InChI is InChI=1S/C16H21FN2O/c1-16(2)12-19(6-7-20-16)11-14-8-13(4-3-5-18)9-15(17)10-14/h8-10H,5-7,11-12,18H2,1-2H3. The Morgan fingerprint density at radius 1 is 1.40 bits per heavy atom. The zero-order valence-electron chi connectivity index (χ0n) is 12.1. The predicted molar refractivity (Wildman–Crippen MR) is 77.6 cm³/mol. The number of hydrogen-bond acceptors (Lipinski definition) is 3. The molecule has 1 aromatic rings. The quantitative estimate of drug-likeness (QED) is 0.836. The number of halogens is 1. The molecule has 1 fully saturated rings. The Balaban J connectivity index is 2.11. The van der Waals surface area contributed by atoms with Crippen LogP contribution in [0, 0.1) is 17.7 Å². The molecule has 1 aliphatic rings. The lowest BCUT2D eigenvalue weighted by molar-refractivity contribution is -0.0882. The highest BCUT2D eigenvalue weighted by atomic mass is 19.1. The van der Waals surface area contributed by atoms with E-state index < -0.39 is 0 Å². The number of rotatable bonds is 2. The number of nitrogens with zero attached hydrogens (tertiary/aromatic N) is 1. The third kappa shape index (κ3) is 4.31. The van der Waals surface area contributed by atoms with Crippen LogP contribution in [0.4, 0.5) is 4.39 Å². The minimum Gasteiger partial charge on any atom is -0.373 e. The molecule has 3 nitrogen and oxygen atoms in total. The maximum absolute atomic E-state index is 13.6. The molecule has 0 bridgehead atoms. The molecule has 1 heterocycles. The first-order valence-corrected chi connectivity index (χ1v) is 6.83. The normalized spacial score (nSPS) is 18.4. The zero-order valence-corrected chi connectivity index (χ0v) is 12.1. The van der Waals surface area contributed by atoms with Crippen LogP contribution in [0.15, 0.2) is 18.2 Å². The summed E-state index contributed by atoms with van der Waals surface area (Å²) in [4.78, 5) is 2.28. The summed E-state index contributed by atoms with van der Waals surface area (Å²) in [5.74, 6) is 5.38. The second-order valence-electron chi connectivity index (χ2n) is 5.67. The first-order valence-electron chi connectivity index (χ1n) is 6.83. The Morgan fingerprint density at radius 3 is 2.90 bits per heavy atom. The molecule has 0 amide bonds. The van der Waals surface area contributed by atoms with E-state index >= 15 is 0 Å². The summed E-state index contributed by atoms with van der Waals surface area (Å²) in [6, 6.07) is 4.93. The summed E-state index contributed by atoms with van der Waals surface area (Å²) < 4.78 is 19.3. The molecule has 0 spiro atoms. The van der Waals surface area contributed by atoms with Crippen molar-refractivity contribution < 1.29 is 9.13 Å². The van der Waals surface area contributed by atoms with Crippen molar-refractivity contribution in [2.24, 2.45) is 5.73 Å². The summed E-state index contributed by atoms with van der Waals surface area (Å²) in [5, 5.41) is 0. The molecule has 0 unspecified atom stereocenters. The largest absolute Gasteiger partial charge is 0.373 e. The van der Waals surface area contributed by atoms with Crippen LogP contribution in [0.25, 0.3) is 0 Å². The van der Waals surface area contributed by atoms with Crippen LogP contribution >= 0.6 is 0 Å². The van der Waals surface area contributed by atoms with Crippen LogP contribution in [-0.4, -0.2) is 36.7 Å². The van der Waals surface area contributed by atoms with E-state index in [4.69, 9.17) is 10.5 Å². The average Bonchev–Trinajstić information content (AvgIpc) is 2.34. The molecule has 0 radical (unpaired) electrons. The lowest BCUT2D eigenvalue weighted by Gasteiger charge is -2.38. The third-order valence-electron chi connectivity index (χ3n) is 3.20. The van der Waals surface area contributed by atoms with E-state index in [-0.39, 0.29) is 18.0 Å². The Bertz CT molecular complexity index is 531. The zero-order chi connectivity index (χ0) is 14.6. The minimum absolute atomic E-state index is 0.145. The molecular formula is C16H21FN2O. The Labute approximate surface area is 119 Å². The van der Waals surface area contributed by atoms with Crippen molar-refractivity contribution in [2.75, 3.05) is 26.2 Å². The molecule has 2 N–H and O–H groups in total. The topological polar surface area (TPSA) is 38.5 Å². The molecule has 0 aliphatic carbocycles. The number of hydrogen-bond donors (Lipinski definition) is 1. The molecule has 4 heteroatoms.